The smallest absolute Gasteiger partial charge is 0.265 e. The predicted octanol–water partition coefficient (Wildman–Crippen LogP) is 1.26. The fraction of sp³-hybridized carbons (Fsp3) is 0.263. The summed E-state index contributed by atoms with van der Waals surface area (Å²) in [5.74, 6) is 0.232. The number of carbonyl (C=O) groups excluding carboxylic acids is 1. The Labute approximate surface area is 167 Å². The summed E-state index contributed by atoms with van der Waals surface area (Å²) in [7, 11) is -3.14. The number of amides is 1. The molecule has 9 nitrogen and oxygen atoms in total. The molecule has 4 rings (SSSR count). The van der Waals surface area contributed by atoms with E-state index in [0.717, 1.165) is 0 Å². The van der Waals surface area contributed by atoms with E-state index in [1.807, 2.05) is 24.3 Å². The molecular formula is C19H19N5O4S. The maximum Gasteiger partial charge on any atom is 0.265 e. The van der Waals surface area contributed by atoms with Gasteiger partial charge in [0.15, 0.2) is 16.4 Å². The number of sulfone groups is 1. The van der Waals surface area contributed by atoms with Gasteiger partial charge < -0.3 is 9.64 Å². The van der Waals surface area contributed by atoms with E-state index in [0.29, 0.717) is 23.5 Å². The van der Waals surface area contributed by atoms with Crippen molar-refractivity contribution in [1.29, 1.82) is 0 Å². The van der Waals surface area contributed by atoms with Gasteiger partial charge >= 0.3 is 0 Å². The van der Waals surface area contributed by atoms with Gasteiger partial charge in [0.1, 0.15) is 12.1 Å². The van der Waals surface area contributed by atoms with Crippen LogP contribution in [0, 0.1) is 0 Å². The van der Waals surface area contributed by atoms with E-state index in [1.54, 1.807) is 30.3 Å². The molecule has 0 aliphatic carbocycles. The minimum atomic E-state index is -3.14. The van der Waals surface area contributed by atoms with Crippen molar-refractivity contribution in [3.63, 3.8) is 0 Å². The van der Waals surface area contributed by atoms with Crippen LogP contribution in [0.1, 0.15) is 6.42 Å². The number of aromatic nitrogens is 4. The molecule has 1 aromatic heterocycles. The SMILES string of the molecule is O=C(COc1cccc(-n2cnnn2)c1)N(c1ccccc1)[C@H]1CCS(=O)(=O)C1. The number of carbonyl (C=O) groups is 1. The van der Waals surface area contributed by atoms with Crippen LogP contribution >= 0.6 is 0 Å². The lowest BCUT2D eigenvalue weighted by Gasteiger charge is -2.28. The van der Waals surface area contributed by atoms with Crippen molar-refractivity contribution in [2.75, 3.05) is 23.0 Å². The predicted molar refractivity (Wildman–Crippen MR) is 106 cm³/mol. The van der Waals surface area contributed by atoms with Crippen LogP contribution in [-0.2, 0) is 14.6 Å². The lowest BCUT2D eigenvalue weighted by atomic mass is 10.2. The van der Waals surface area contributed by atoms with E-state index < -0.39 is 15.9 Å². The highest BCUT2D eigenvalue weighted by atomic mass is 32.2. The highest BCUT2D eigenvalue weighted by molar-refractivity contribution is 7.91. The highest BCUT2D eigenvalue weighted by Gasteiger charge is 2.35. The molecule has 1 aliphatic rings. The molecule has 150 valence electrons. The Morgan fingerprint density at radius 2 is 2.00 bits per heavy atom. The summed E-state index contributed by atoms with van der Waals surface area (Å²) in [6.07, 6.45) is 1.87. The standard InChI is InChI=1S/C19H19N5O4S/c25-19(12-28-18-8-4-7-16(11-18)23-14-20-21-22-23)24(15-5-2-1-3-6-15)17-9-10-29(26,27)13-17/h1-8,11,14,17H,9-10,12-13H2/t17-/m0/s1. The van der Waals surface area contributed by atoms with Crippen molar-refractivity contribution in [1.82, 2.24) is 20.2 Å². The maximum absolute atomic E-state index is 13.0. The summed E-state index contributed by atoms with van der Waals surface area (Å²) in [5.41, 5.74) is 1.35. The first-order valence-electron chi connectivity index (χ1n) is 9.06. The van der Waals surface area contributed by atoms with E-state index in [4.69, 9.17) is 4.74 Å². The molecule has 0 saturated carbocycles. The summed E-state index contributed by atoms with van der Waals surface area (Å²) in [4.78, 5) is 14.5. The molecule has 0 bridgehead atoms. The van der Waals surface area contributed by atoms with Gasteiger partial charge in [-0.05, 0) is 41.1 Å². The molecule has 1 aliphatic heterocycles. The molecule has 29 heavy (non-hydrogen) atoms. The van der Waals surface area contributed by atoms with Crippen molar-refractivity contribution in [2.24, 2.45) is 0 Å². The van der Waals surface area contributed by atoms with Crippen molar-refractivity contribution in [2.45, 2.75) is 12.5 Å². The Balaban J connectivity index is 1.51. The van der Waals surface area contributed by atoms with E-state index in [-0.39, 0.29) is 24.0 Å². The summed E-state index contributed by atoms with van der Waals surface area (Å²) < 4.78 is 31.1. The molecule has 1 saturated heterocycles. The number of rotatable bonds is 6. The van der Waals surface area contributed by atoms with Crippen molar-refractivity contribution < 1.29 is 17.9 Å². The largest absolute Gasteiger partial charge is 0.484 e. The molecule has 2 heterocycles. The lowest BCUT2D eigenvalue weighted by Crippen LogP contribution is -2.43. The second-order valence-electron chi connectivity index (χ2n) is 6.70. The van der Waals surface area contributed by atoms with Crippen molar-refractivity contribution in [3.8, 4) is 11.4 Å². The number of para-hydroxylation sites is 1. The summed E-state index contributed by atoms with van der Waals surface area (Å²) >= 11 is 0. The normalized spacial score (nSPS) is 17.7. The fourth-order valence-corrected chi connectivity index (χ4v) is 5.04. The van der Waals surface area contributed by atoms with Gasteiger partial charge in [-0.3, -0.25) is 4.79 Å². The molecule has 0 radical (unpaired) electrons. The first-order chi connectivity index (χ1) is 14.0. The number of ether oxygens (including phenoxy) is 1. The average molecular weight is 413 g/mol. The molecule has 1 fully saturated rings. The van der Waals surface area contributed by atoms with E-state index >= 15 is 0 Å². The lowest BCUT2D eigenvalue weighted by molar-refractivity contribution is -0.121. The molecule has 0 unspecified atom stereocenters. The Hall–Kier alpha value is -3.27. The Morgan fingerprint density at radius 3 is 2.69 bits per heavy atom. The quantitative estimate of drug-likeness (QED) is 0.599. The van der Waals surface area contributed by atoms with Crippen LogP contribution < -0.4 is 9.64 Å². The first kappa shape index (κ1) is 19.1. The topological polar surface area (TPSA) is 107 Å². The minimum Gasteiger partial charge on any atom is -0.484 e. The van der Waals surface area contributed by atoms with Gasteiger partial charge in [-0.25, -0.2) is 13.1 Å². The summed E-state index contributed by atoms with van der Waals surface area (Å²) in [5, 5.41) is 11.0. The number of hydrogen-bond acceptors (Lipinski definition) is 7. The maximum atomic E-state index is 13.0. The molecule has 0 N–H and O–H groups in total. The van der Waals surface area contributed by atoms with E-state index in [2.05, 4.69) is 15.5 Å². The van der Waals surface area contributed by atoms with Crippen LogP contribution in [0.2, 0.25) is 0 Å². The molecule has 1 atom stereocenters. The van der Waals surface area contributed by atoms with E-state index in [9.17, 15) is 13.2 Å². The summed E-state index contributed by atoms with van der Waals surface area (Å²) in [6.45, 7) is -0.218. The molecule has 1 amide bonds. The fourth-order valence-electron chi connectivity index (χ4n) is 3.34. The third kappa shape index (κ3) is 4.43. The van der Waals surface area contributed by atoms with Gasteiger partial charge in [0.05, 0.1) is 23.2 Å². The number of benzene rings is 2. The van der Waals surface area contributed by atoms with Crippen LogP contribution in [-0.4, -0.2) is 58.7 Å². The zero-order chi connectivity index (χ0) is 20.3. The molecule has 3 aromatic rings. The van der Waals surface area contributed by atoms with Crippen molar-refractivity contribution in [3.05, 3.63) is 60.9 Å². The van der Waals surface area contributed by atoms with Crippen LogP contribution in [0.4, 0.5) is 5.69 Å². The summed E-state index contributed by atoms with van der Waals surface area (Å²) in [6, 6.07) is 15.7. The van der Waals surface area contributed by atoms with E-state index in [1.165, 1.54) is 15.9 Å². The molecular weight excluding hydrogens is 394 g/mol. The number of tetrazole rings is 1. The second-order valence-corrected chi connectivity index (χ2v) is 8.93. The molecule has 10 heteroatoms. The molecule has 2 aromatic carbocycles. The second kappa shape index (κ2) is 8.00. The monoisotopic (exact) mass is 413 g/mol. The van der Waals surface area contributed by atoms with Crippen LogP contribution in [0.15, 0.2) is 60.9 Å². The minimum absolute atomic E-state index is 0.0393. The zero-order valence-corrected chi connectivity index (χ0v) is 16.3. The van der Waals surface area contributed by atoms with Crippen LogP contribution in [0.5, 0.6) is 5.75 Å². The van der Waals surface area contributed by atoms with Gasteiger partial charge in [-0.2, -0.15) is 0 Å². The van der Waals surface area contributed by atoms with Crippen LogP contribution in [0.3, 0.4) is 0 Å². The third-order valence-corrected chi connectivity index (χ3v) is 6.42. The number of anilines is 1. The first-order valence-corrected chi connectivity index (χ1v) is 10.9. The van der Waals surface area contributed by atoms with Gasteiger partial charge in [0.2, 0.25) is 0 Å². The number of hydrogen-bond donors (Lipinski definition) is 0. The zero-order valence-electron chi connectivity index (χ0n) is 15.5. The number of nitrogens with zero attached hydrogens (tertiary/aromatic N) is 5. The third-order valence-electron chi connectivity index (χ3n) is 4.67. The molecule has 0 spiro atoms. The Bertz CT molecular complexity index is 1090. The average Bonchev–Trinajstić information content (AvgIpc) is 3.38. The van der Waals surface area contributed by atoms with Gasteiger partial charge in [0, 0.05) is 11.8 Å². The Morgan fingerprint density at radius 1 is 1.17 bits per heavy atom. The van der Waals surface area contributed by atoms with Gasteiger partial charge in [-0.15, -0.1) is 5.10 Å². The Kier molecular flexibility index (Phi) is 5.26. The van der Waals surface area contributed by atoms with Crippen molar-refractivity contribution >= 4 is 21.4 Å². The highest BCUT2D eigenvalue weighted by Crippen LogP contribution is 2.25. The van der Waals surface area contributed by atoms with Gasteiger partial charge in [-0.1, -0.05) is 24.3 Å². The van der Waals surface area contributed by atoms with Gasteiger partial charge in [0.25, 0.3) is 5.91 Å². The van der Waals surface area contributed by atoms with Crippen LogP contribution in [0.25, 0.3) is 5.69 Å².